The van der Waals surface area contributed by atoms with E-state index in [2.05, 4.69) is 157 Å². The second-order valence-electron chi connectivity index (χ2n) is 11.9. The molecule has 44 heavy (non-hydrogen) atoms. The van der Waals surface area contributed by atoms with Crippen LogP contribution in [0.15, 0.2) is 133 Å². The molecule has 8 rings (SSSR count). The number of hydrogen-bond acceptors (Lipinski definition) is 2. The van der Waals surface area contributed by atoms with Crippen LogP contribution in [-0.2, 0) is 12.8 Å². The summed E-state index contributed by atoms with van der Waals surface area (Å²) in [6.45, 7) is 6.33. The van der Waals surface area contributed by atoms with Gasteiger partial charge in [0.15, 0.2) is 0 Å². The van der Waals surface area contributed by atoms with E-state index in [-0.39, 0.29) is 0 Å². The van der Waals surface area contributed by atoms with Gasteiger partial charge in [0, 0.05) is 48.7 Å². The fourth-order valence-corrected chi connectivity index (χ4v) is 7.44. The molecule has 0 unspecified atom stereocenters. The van der Waals surface area contributed by atoms with Crippen molar-refractivity contribution >= 4 is 22.7 Å². The molecule has 214 valence electrons. The van der Waals surface area contributed by atoms with Crippen molar-refractivity contribution in [1.82, 2.24) is 0 Å². The summed E-state index contributed by atoms with van der Waals surface area (Å²) in [4.78, 5) is 4.90. The van der Waals surface area contributed by atoms with E-state index in [0.29, 0.717) is 0 Å². The molecule has 0 saturated carbocycles. The summed E-state index contributed by atoms with van der Waals surface area (Å²) < 4.78 is 0. The van der Waals surface area contributed by atoms with Crippen LogP contribution in [0.25, 0.3) is 33.4 Å². The molecule has 0 bridgehead atoms. The molecule has 0 aliphatic heterocycles. The van der Waals surface area contributed by atoms with Gasteiger partial charge in [-0.1, -0.05) is 97.1 Å². The van der Waals surface area contributed by atoms with Crippen LogP contribution in [0.5, 0.6) is 0 Å². The maximum Gasteiger partial charge on any atom is 0.0452 e. The number of fused-ring (bicyclic) bond motifs is 6. The second-order valence-corrected chi connectivity index (χ2v) is 11.9. The Balaban J connectivity index is 1.05. The van der Waals surface area contributed by atoms with Crippen molar-refractivity contribution in [2.75, 3.05) is 22.9 Å². The van der Waals surface area contributed by atoms with Crippen molar-refractivity contribution in [2.45, 2.75) is 26.7 Å². The highest BCUT2D eigenvalue weighted by molar-refractivity contribution is 5.86. The highest BCUT2D eigenvalue weighted by Crippen LogP contribution is 2.44. The zero-order valence-electron chi connectivity index (χ0n) is 25.4. The Kier molecular flexibility index (Phi) is 6.56. The van der Waals surface area contributed by atoms with Crippen LogP contribution in [0.3, 0.4) is 0 Å². The van der Waals surface area contributed by atoms with Crippen LogP contribution >= 0.6 is 0 Å². The molecule has 0 amide bonds. The van der Waals surface area contributed by atoms with Gasteiger partial charge in [0.1, 0.15) is 0 Å². The molecule has 0 spiro atoms. The molecule has 0 aromatic heterocycles. The molecule has 0 saturated heterocycles. The summed E-state index contributed by atoms with van der Waals surface area (Å²) in [6, 6.07) is 49.3. The molecule has 6 aromatic carbocycles. The lowest BCUT2D eigenvalue weighted by Crippen LogP contribution is -2.17. The first kappa shape index (κ1) is 26.5. The Morgan fingerprint density at radius 3 is 1.20 bits per heavy atom. The van der Waals surface area contributed by atoms with Crippen molar-refractivity contribution < 1.29 is 0 Å². The number of nitrogens with zero attached hydrogens (tertiary/aromatic N) is 2. The van der Waals surface area contributed by atoms with E-state index in [1.807, 2.05) is 0 Å². The van der Waals surface area contributed by atoms with E-state index in [4.69, 9.17) is 0 Å². The van der Waals surface area contributed by atoms with Gasteiger partial charge in [-0.15, -0.1) is 0 Å². The van der Waals surface area contributed by atoms with Gasteiger partial charge in [0.25, 0.3) is 0 Å². The lowest BCUT2D eigenvalue weighted by molar-refractivity contribution is 1.01. The van der Waals surface area contributed by atoms with Crippen molar-refractivity contribution in [3.05, 3.63) is 156 Å². The minimum Gasteiger partial charge on any atom is -0.342 e. The third-order valence-corrected chi connectivity index (χ3v) is 9.56. The Labute approximate surface area is 260 Å². The minimum atomic E-state index is 0.919. The van der Waals surface area contributed by atoms with Crippen molar-refractivity contribution in [2.24, 2.45) is 0 Å². The summed E-state index contributed by atoms with van der Waals surface area (Å²) in [5.74, 6) is 0. The largest absolute Gasteiger partial charge is 0.342 e. The van der Waals surface area contributed by atoms with E-state index in [1.165, 1.54) is 78.4 Å². The van der Waals surface area contributed by atoms with Crippen LogP contribution in [0.4, 0.5) is 22.7 Å². The number of hydrogen-bond donors (Lipinski definition) is 0. The van der Waals surface area contributed by atoms with Gasteiger partial charge in [-0.2, -0.15) is 0 Å². The highest BCUT2D eigenvalue weighted by Gasteiger charge is 2.24. The van der Waals surface area contributed by atoms with Crippen LogP contribution < -0.4 is 9.80 Å². The smallest absolute Gasteiger partial charge is 0.0452 e. The zero-order valence-corrected chi connectivity index (χ0v) is 25.4. The molecule has 0 fully saturated rings. The van der Waals surface area contributed by atoms with Crippen molar-refractivity contribution in [1.29, 1.82) is 0 Å². The van der Waals surface area contributed by atoms with Crippen molar-refractivity contribution in [3.63, 3.8) is 0 Å². The Morgan fingerprint density at radius 2 is 0.795 bits per heavy atom. The van der Waals surface area contributed by atoms with E-state index >= 15 is 0 Å². The fraction of sp³-hybridized carbons (Fsp3) is 0.143. The number of anilines is 4. The fourth-order valence-electron chi connectivity index (χ4n) is 7.44. The maximum atomic E-state index is 2.45. The SMILES string of the molecule is CCN(c1ccc(-c2ccc(N(CC)c3cccc4c3Cc3ccccc3-4)cc2)cc1)c1cccc2c1Cc1ccccc1-2. The van der Waals surface area contributed by atoms with Crippen molar-refractivity contribution in [3.8, 4) is 33.4 Å². The normalized spacial score (nSPS) is 12.3. The molecule has 0 N–H and O–H groups in total. The van der Waals surface area contributed by atoms with E-state index in [0.717, 1.165) is 25.9 Å². The van der Waals surface area contributed by atoms with Gasteiger partial charge in [0.2, 0.25) is 0 Å². The average molecular weight is 569 g/mol. The minimum absolute atomic E-state index is 0.919. The van der Waals surface area contributed by atoms with Gasteiger partial charge < -0.3 is 9.80 Å². The summed E-state index contributed by atoms with van der Waals surface area (Å²) in [7, 11) is 0. The molecule has 0 atom stereocenters. The first-order valence-electron chi connectivity index (χ1n) is 15.9. The van der Waals surface area contributed by atoms with E-state index in [1.54, 1.807) is 0 Å². The Morgan fingerprint density at radius 1 is 0.409 bits per heavy atom. The lowest BCUT2D eigenvalue weighted by Gasteiger charge is -2.27. The van der Waals surface area contributed by atoms with Gasteiger partial charge >= 0.3 is 0 Å². The predicted octanol–water partition coefficient (Wildman–Crippen LogP) is 10.8. The van der Waals surface area contributed by atoms with Gasteiger partial charge in [-0.3, -0.25) is 0 Å². The molecule has 0 radical (unpaired) electrons. The van der Waals surface area contributed by atoms with Gasteiger partial charge in [-0.05, 0) is 106 Å². The van der Waals surface area contributed by atoms with Gasteiger partial charge in [0.05, 0.1) is 0 Å². The third kappa shape index (κ3) is 4.33. The Hall–Kier alpha value is -5.08. The summed E-state index contributed by atoms with van der Waals surface area (Å²) in [5, 5.41) is 0. The molecular formula is C42H36N2. The van der Waals surface area contributed by atoms with Gasteiger partial charge in [-0.25, -0.2) is 0 Å². The van der Waals surface area contributed by atoms with Crippen LogP contribution in [-0.4, -0.2) is 13.1 Å². The van der Waals surface area contributed by atoms with Crippen LogP contribution in [0, 0.1) is 0 Å². The molecule has 2 nitrogen and oxygen atoms in total. The molecular weight excluding hydrogens is 532 g/mol. The quantitative estimate of drug-likeness (QED) is 0.189. The predicted molar refractivity (Wildman–Crippen MR) is 187 cm³/mol. The van der Waals surface area contributed by atoms with E-state index in [9.17, 15) is 0 Å². The topological polar surface area (TPSA) is 6.48 Å². The zero-order chi connectivity index (χ0) is 29.6. The summed E-state index contributed by atoms with van der Waals surface area (Å²) in [6.07, 6.45) is 1.99. The standard InChI is InChI=1S/C42H36N2/c1-3-43(41-17-9-15-37-35-13-7-5-11-31(35)27-39(37)41)33-23-19-29(20-24-33)30-21-25-34(26-22-30)44(4-2)42-18-10-16-38-36-14-8-6-12-32(36)28-40(38)42/h5-26H,3-4,27-28H2,1-2H3. The van der Waals surface area contributed by atoms with Crippen LogP contribution in [0.2, 0.25) is 0 Å². The monoisotopic (exact) mass is 568 g/mol. The maximum absolute atomic E-state index is 2.45. The first-order chi connectivity index (χ1) is 21.7. The summed E-state index contributed by atoms with van der Waals surface area (Å²) in [5.41, 5.74) is 18.8. The Bertz CT molecular complexity index is 1840. The van der Waals surface area contributed by atoms with Crippen LogP contribution in [0.1, 0.15) is 36.1 Å². The lowest BCUT2D eigenvalue weighted by atomic mass is 10.0. The average Bonchev–Trinajstić information content (AvgIpc) is 3.66. The van der Waals surface area contributed by atoms with E-state index < -0.39 is 0 Å². The summed E-state index contributed by atoms with van der Waals surface area (Å²) >= 11 is 0. The third-order valence-electron chi connectivity index (χ3n) is 9.56. The number of benzene rings is 6. The second kappa shape index (κ2) is 10.9. The molecule has 2 heteroatoms. The highest BCUT2D eigenvalue weighted by atomic mass is 15.1. The molecule has 2 aliphatic rings. The first-order valence-corrected chi connectivity index (χ1v) is 15.9. The number of rotatable bonds is 7. The molecule has 2 aliphatic carbocycles. The molecule has 0 heterocycles. The molecule has 6 aromatic rings.